The van der Waals surface area contributed by atoms with Crippen LogP contribution in [0.25, 0.3) is 12.2 Å². The molecule has 0 fully saturated rings. The molecule has 2 aromatic carbocycles. The first kappa shape index (κ1) is 23.5. The lowest BCUT2D eigenvalue weighted by atomic mass is 10.1. The Hall–Kier alpha value is -4.62. The number of rotatable bonds is 8. The molecule has 35 heavy (non-hydrogen) atoms. The first-order valence-corrected chi connectivity index (χ1v) is 11.7. The first-order valence-electron chi connectivity index (χ1n) is 10.7. The van der Waals surface area contributed by atoms with Crippen LogP contribution in [0.4, 0.5) is 5.69 Å². The summed E-state index contributed by atoms with van der Waals surface area (Å²) in [5, 5.41) is 9.24. The number of benzene rings is 2. The Morgan fingerprint density at radius 1 is 0.829 bits per heavy atom. The minimum atomic E-state index is -0.476. The van der Waals surface area contributed by atoms with Gasteiger partial charge in [-0.1, -0.05) is 24.3 Å². The van der Waals surface area contributed by atoms with Crippen LogP contribution < -0.4 is 10.6 Å². The van der Waals surface area contributed by atoms with E-state index < -0.39 is 5.91 Å². The number of aromatic nitrogens is 1. The molecule has 2 heterocycles. The molecule has 0 saturated carbocycles. The maximum Gasteiger partial charge on any atom is 0.272 e. The van der Waals surface area contributed by atoms with Gasteiger partial charge in [0, 0.05) is 29.2 Å². The molecule has 4 aromatic rings. The lowest BCUT2D eigenvalue weighted by molar-refractivity contribution is -0.113. The van der Waals surface area contributed by atoms with Crippen LogP contribution in [0.15, 0.2) is 108 Å². The van der Waals surface area contributed by atoms with Crippen molar-refractivity contribution < 1.29 is 14.4 Å². The van der Waals surface area contributed by atoms with E-state index in [4.69, 9.17) is 0 Å². The number of thiophene rings is 1. The summed E-state index contributed by atoms with van der Waals surface area (Å²) in [5.41, 5.74) is 3.15. The highest BCUT2D eigenvalue weighted by molar-refractivity contribution is 7.08. The van der Waals surface area contributed by atoms with E-state index in [0.29, 0.717) is 16.8 Å². The SMILES string of the molecule is O=C(Nc1ccc(C(=O)/C=C/c2cccnc2)cc1)/C(=C/c1ccsc1)NC(=O)c1ccccc1. The quantitative estimate of drug-likeness (QED) is 0.260. The van der Waals surface area contributed by atoms with Crippen LogP contribution in [0.2, 0.25) is 0 Å². The third-order valence-corrected chi connectivity index (χ3v) is 5.62. The fraction of sp³-hybridized carbons (Fsp3) is 0. The van der Waals surface area contributed by atoms with Crippen molar-refractivity contribution in [2.75, 3.05) is 5.32 Å². The highest BCUT2D eigenvalue weighted by Crippen LogP contribution is 2.15. The minimum absolute atomic E-state index is 0.108. The molecule has 4 rings (SSSR count). The number of amides is 2. The van der Waals surface area contributed by atoms with Crippen molar-refractivity contribution in [2.24, 2.45) is 0 Å². The van der Waals surface area contributed by atoms with Gasteiger partial charge in [-0.15, -0.1) is 0 Å². The van der Waals surface area contributed by atoms with Gasteiger partial charge in [0.1, 0.15) is 5.70 Å². The summed E-state index contributed by atoms with van der Waals surface area (Å²) in [7, 11) is 0. The van der Waals surface area contributed by atoms with E-state index in [9.17, 15) is 14.4 Å². The molecule has 7 heteroatoms. The summed E-state index contributed by atoms with van der Waals surface area (Å²) in [6.45, 7) is 0. The van der Waals surface area contributed by atoms with Gasteiger partial charge in [0.25, 0.3) is 11.8 Å². The van der Waals surface area contributed by atoms with E-state index in [1.54, 1.807) is 79.1 Å². The van der Waals surface area contributed by atoms with Crippen molar-refractivity contribution in [3.8, 4) is 0 Å². The zero-order valence-corrected chi connectivity index (χ0v) is 19.4. The number of nitrogens with zero attached hydrogens (tertiary/aromatic N) is 1. The van der Waals surface area contributed by atoms with E-state index in [1.807, 2.05) is 29.0 Å². The summed E-state index contributed by atoms with van der Waals surface area (Å²) in [4.78, 5) is 42.1. The average molecular weight is 480 g/mol. The second kappa shape index (κ2) is 11.5. The predicted octanol–water partition coefficient (Wildman–Crippen LogP) is 5.45. The molecule has 0 aliphatic rings. The molecule has 2 aromatic heterocycles. The number of hydrogen-bond acceptors (Lipinski definition) is 5. The Kier molecular flexibility index (Phi) is 7.73. The molecule has 172 valence electrons. The van der Waals surface area contributed by atoms with E-state index in [-0.39, 0.29) is 17.4 Å². The van der Waals surface area contributed by atoms with Gasteiger partial charge in [-0.25, -0.2) is 0 Å². The molecule has 0 bridgehead atoms. The van der Waals surface area contributed by atoms with Crippen LogP contribution in [0.1, 0.15) is 31.8 Å². The maximum absolute atomic E-state index is 13.0. The summed E-state index contributed by atoms with van der Waals surface area (Å²) in [5.74, 6) is -1.03. The van der Waals surface area contributed by atoms with E-state index in [1.165, 1.54) is 17.4 Å². The lowest BCUT2D eigenvalue weighted by Gasteiger charge is -2.11. The van der Waals surface area contributed by atoms with Crippen LogP contribution in [0, 0.1) is 0 Å². The van der Waals surface area contributed by atoms with Gasteiger partial charge in [-0.3, -0.25) is 19.4 Å². The number of ketones is 1. The average Bonchev–Trinajstić information content (AvgIpc) is 3.41. The van der Waals surface area contributed by atoms with Crippen LogP contribution in [0.5, 0.6) is 0 Å². The summed E-state index contributed by atoms with van der Waals surface area (Å²) >= 11 is 1.49. The van der Waals surface area contributed by atoms with Crippen molar-refractivity contribution in [3.05, 3.63) is 130 Å². The Labute approximate surface area is 206 Å². The van der Waals surface area contributed by atoms with Crippen molar-refractivity contribution >= 4 is 46.8 Å². The predicted molar refractivity (Wildman–Crippen MR) is 139 cm³/mol. The number of carbonyl (C=O) groups excluding carboxylic acids is 3. The molecule has 0 unspecified atom stereocenters. The molecule has 0 radical (unpaired) electrons. The molecule has 0 saturated heterocycles. The fourth-order valence-corrected chi connectivity index (χ4v) is 3.74. The molecule has 0 aliphatic carbocycles. The number of anilines is 1. The molecule has 0 aliphatic heterocycles. The highest BCUT2D eigenvalue weighted by Gasteiger charge is 2.15. The van der Waals surface area contributed by atoms with Crippen molar-refractivity contribution in [1.82, 2.24) is 10.3 Å². The number of allylic oxidation sites excluding steroid dienone is 1. The molecule has 0 atom stereocenters. The third-order valence-electron chi connectivity index (χ3n) is 4.92. The zero-order valence-electron chi connectivity index (χ0n) is 18.5. The monoisotopic (exact) mass is 479 g/mol. The van der Waals surface area contributed by atoms with E-state index in [2.05, 4.69) is 15.6 Å². The fourth-order valence-electron chi connectivity index (χ4n) is 3.13. The third kappa shape index (κ3) is 6.69. The number of hydrogen-bond donors (Lipinski definition) is 2. The maximum atomic E-state index is 13.0. The van der Waals surface area contributed by atoms with Gasteiger partial charge in [-0.2, -0.15) is 11.3 Å². The summed E-state index contributed by atoms with van der Waals surface area (Å²) in [6.07, 6.45) is 8.13. The van der Waals surface area contributed by atoms with Gasteiger partial charge < -0.3 is 10.6 Å². The van der Waals surface area contributed by atoms with Crippen molar-refractivity contribution in [2.45, 2.75) is 0 Å². The van der Waals surface area contributed by atoms with Gasteiger partial charge in [-0.05, 0) is 88.6 Å². The van der Waals surface area contributed by atoms with Crippen LogP contribution in [0.3, 0.4) is 0 Å². The van der Waals surface area contributed by atoms with E-state index >= 15 is 0 Å². The second-order valence-corrected chi connectivity index (χ2v) is 8.23. The molecular formula is C28H21N3O3S. The topological polar surface area (TPSA) is 88.2 Å². The van der Waals surface area contributed by atoms with Crippen molar-refractivity contribution in [1.29, 1.82) is 0 Å². The number of pyridine rings is 1. The van der Waals surface area contributed by atoms with Crippen LogP contribution in [-0.4, -0.2) is 22.6 Å². The second-order valence-electron chi connectivity index (χ2n) is 7.45. The Morgan fingerprint density at radius 3 is 2.31 bits per heavy atom. The van der Waals surface area contributed by atoms with E-state index in [0.717, 1.165) is 11.1 Å². The number of nitrogens with one attached hydrogen (secondary N) is 2. The van der Waals surface area contributed by atoms with Crippen LogP contribution >= 0.6 is 11.3 Å². The highest BCUT2D eigenvalue weighted by atomic mass is 32.1. The first-order chi connectivity index (χ1) is 17.1. The molecule has 6 nitrogen and oxygen atoms in total. The summed E-state index contributed by atoms with van der Waals surface area (Å²) in [6, 6.07) is 20.7. The molecule has 2 amide bonds. The Morgan fingerprint density at radius 2 is 1.63 bits per heavy atom. The largest absolute Gasteiger partial charge is 0.321 e. The lowest BCUT2D eigenvalue weighted by Crippen LogP contribution is -2.30. The van der Waals surface area contributed by atoms with Gasteiger partial charge in [0.2, 0.25) is 0 Å². The standard InChI is InChI=1S/C28H21N3O3S/c32-26(13-8-20-5-4-15-29-18-20)22-9-11-24(12-10-22)30-28(34)25(17-21-14-16-35-19-21)31-27(33)23-6-2-1-3-7-23/h1-19H,(H,30,34)(H,31,33)/b13-8+,25-17-. The van der Waals surface area contributed by atoms with Crippen molar-refractivity contribution in [3.63, 3.8) is 0 Å². The summed E-state index contributed by atoms with van der Waals surface area (Å²) < 4.78 is 0. The normalized spacial score (nSPS) is 11.3. The van der Waals surface area contributed by atoms with Gasteiger partial charge in [0.05, 0.1) is 0 Å². The Balaban J connectivity index is 1.46. The molecule has 2 N–H and O–H groups in total. The molecular weight excluding hydrogens is 458 g/mol. The number of carbonyl (C=O) groups is 3. The minimum Gasteiger partial charge on any atom is -0.321 e. The molecule has 0 spiro atoms. The van der Waals surface area contributed by atoms with Gasteiger partial charge in [0.15, 0.2) is 5.78 Å². The van der Waals surface area contributed by atoms with Crippen LogP contribution in [-0.2, 0) is 4.79 Å². The van der Waals surface area contributed by atoms with Gasteiger partial charge >= 0.3 is 0 Å². The zero-order chi connectivity index (χ0) is 24.5. The Bertz CT molecular complexity index is 1360. The smallest absolute Gasteiger partial charge is 0.272 e.